The SMILES string of the molecule is Cc1ccc(-c2c[nH]cc2-c2ccccc2)cc1S(=O)(=O)N1CCOCC1.[HH]. The Labute approximate surface area is 161 Å². The van der Waals surface area contributed by atoms with E-state index in [1.165, 1.54) is 4.31 Å². The summed E-state index contributed by atoms with van der Waals surface area (Å²) in [5.74, 6) is 0. The largest absolute Gasteiger partial charge is 0.379 e. The van der Waals surface area contributed by atoms with Gasteiger partial charge in [0.05, 0.1) is 18.1 Å². The molecule has 0 amide bonds. The first-order valence-corrected chi connectivity index (χ1v) is 10.4. The topological polar surface area (TPSA) is 62.4 Å². The number of ether oxygens (including phenoxy) is 1. The predicted octanol–water partition coefficient (Wildman–Crippen LogP) is 3.92. The lowest BCUT2D eigenvalue weighted by molar-refractivity contribution is 0.0730. The van der Waals surface area contributed by atoms with Gasteiger partial charge in [-0.1, -0.05) is 42.5 Å². The number of morpholine rings is 1. The maximum absolute atomic E-state index is 13.1. The third kappa shape index (κ3) is 3.43. The first kappa shape index (κ1) is 18.0. The van der Waals surface area contributed by atoms with Crippen LogP contribution in [0.25, 0.3) is 22.3 Å². The summed E-state index contributed by atoms with van der Waals surface area (Å²) in [6.07, 6.45) is 3.86. The highest BCUT2D eigenvalue weighted by molar-refractivity contribution is 7.89. The summed E-state index contributed by atoms with van der Waals surface area (Å²) < 4.78 is 33.1. The average molecular weight is 385 g/mol. The van der Waals surface area contributed by atoms with Gasteiger partial charge in [0.1, 0.15) is 0 Å². The Balaban J connectivity index is 0.00000225. The minimum absolute atomic E-state index is 0. The molecule has 6 heteroatoms. The summed E-state index contributed by atoms with van der Waals surface area (Å²) >= 11 is 0. The van der Waals surface area contributed by atoms with E-state index in [1.54, 1.807) is 6.07 Å². The number of aromatic amines is 1. The smallest absolute Gasteiger partial charge is 0.243 e. The standard InChI is InChI=1S/C21H22N2O3S.H2/c1-16-7-8-18(13-21(16)27(24,25)23-9-11-26-12-10-23)20-15-22-14-19(20)17-5-3-2-4-6-17;/h2-8,13-15,22H,9-12H2,1H3;1H. The van der Waals surface area contributed by atoms with Gasteiger partial charge in [-0.3, -0.25) is 0 Å². The van der Waals surface area contributed by atoms with Crippen LogP contribution in [0.2, 0.25) is 0 Å². The number of rotatable bonds is 4. The number of aryl methyl sites for hydroxylation is 1. The lowest BCUT2D eigenvalue weighted by atomic mass is 9.98. The van der Waals surface area contributed by atoms with Crippen LogP contribution in [-0.2, 0) is 14.8 Å². The van der Waals surface area contributed by atoms with E-state index >= 15 is 0 Å². The van der Waals surface area contributed by atoms with Crippen molar-refractivity contribution in [2.45, 2.75) is 11.8 Å². The molecule has 0 radical (unpaired) electrons. The normalized spacial score (nSPS) is 15.7. The number of hydrogen-bond donors (Lipinski definition) is 1. The molecule has 0 unspecified atom stereocenters. The molecule has 0 atom stereocenters. The van der Waals surface area contributed by atoms with Crippen LogP contribution in [0, 0.1) is 6.92 Å². The summed E-state index contributed by atoms with van der Waals surface area (Å²) in [5.41, 5.74) is 4.76. The van der Waals surface area contributed by atoms with E-state index in [2.05, 4.69) is 4.98 Å². The Morgan fingerprint density at radius 1 is 0.963 bits per heavy atom. The Kier molecular flexibility index (Phi) is 4.86. The lowest BCUT2D eigenvalue weighted by Crippen LogP contribution is -2.40. The zero-order valence-electron chi connectivity index (χ0n) is 15.2. The maximum Gasteiger partial charge on any atom is 0.243 e. The Morgan fingerprint density at radius 2 is 1.63 bits per heavy atom. The molecular weight excluding hydrogens is 360 g/mol. The van der Waals surface area contributed by atoms with Crippen LogP contribution in [-0.4, -0.2) is 44.0 Å². The van der Waals surface area contributed by atoms with E-state index in [0.29, 0.717) is 31.2 Å². The van der Waals surface area contributed by atoms with E-state index in [4.69, 9.17) is 4.74 Å². The summed E-state index contributed by atoms with van der Waals surface area (Å²) in [4.78, 5) is 3.52. The summed E-state index contributed by atoms with van der Waals surface area (Å²) in [7, 11) is -3.54. The number of nitrogens with one attached hydrogen (secondary N) is 1. The van der Waals surface area contributed by atoms with E-state index in [-0.39, 0.29) is 1.43 Å². The van der Waals surface area contributed by atoms with Gasteiger partial charge < -0.3 is 9.72 Å². The van der Waals surface area contributed by atoms with Crippen LogP contribution in [0.4, 0.5) is 0 Å². The average Bonchev–Trinajstić information content (AvgIpc) is 3.19. The predicted molar refractivity (Wildman–Crippen MR) is 108 cm³/mol. The van der Waals surface area contributed by atoms with Gasteiger partial charge in [-0.15, -0.1) is 0 Å². The molecule has 0 spiro atoms. The molecule has 1 saturated heterocycles. The van der Waals surface area contributed by atoms with Crippen molar-refractivity contribution < 1.29 is 14.6 Å². The molecule has 2 heterocycles. The van der Waals surface area contributed by atoms with Crippen molar-refractivity contribution in [3.05, 3.63) is 66.5 Å². The van der Waals surface area contributed by atoms with Crippen molar-refractivity contribution >= 4 is 10.0 Å². The van der Waals surface area contributed by atoms with Crippen LogP contribution in [0.5, 0.6) is 0 Å². The third-order valence-corrected chi connectivity index (χ3v) is 6.96. The van der Waals surface area contributed by atoms with Crippen LogP contribution in [0.15, 0.2) is 65.8 Å². The van der Waals surface area contributed by atoms with Gasteiger partial charge in [-0.05, 0) is 29.7 Å². The molecule has 2 aromatic carbocycles. The van der Waals surface area contributed by atoms with Gasteiger partial charge in [0.15, 0.2) is 0 Å². The number of hydrogen-bond acceptors (Lipinski definition) is 3. The van der Waals surface area contributed by atoms with Crippen LogP contribution in [0.1, 0.15) is 6.99 Å². The van der Waals surface area contributed by atoms with Crippen LogP contribution < -0.4 is 0 Å². The van der Waals surface area contributed by atoms with Crippen molar-refractivity contribution in [3.63, 3.8) is 0 Å². The second-order valence-electron chi connectivity index (χ2n) is 6.65. The highest BCUT2D eigenvalue weighted by Gasteiger charge is 2.28. The number of H-pyrrole nitrogens is 1. The minimum Gasteiger partial charge on any atom is -0.379 e. The summed E-state index contributed by atoms with van der Waals surface area (Å²) in [6, 6.07) is 15.7. The van der Waals surface area contributed by atoms with E-state index in [9.17, 15) is 8.42 Å². The zero-order chi connectivity index (χ0) is 18.9. The molecular formula is C21H24N2O3S. The highest BCUT2D eigenvalue weighted by atomic mass is 32.2. The number of nitrogens with zero attached hydrogens (tertiary/aromatic N) is 1. The van der Waals surface area contributed by atoms with Gasteiger partial charge >= 0.3 is 0 Å². The first-order valence-electron chi connectivity index (χ1n) is 8.98. The van der Waals surface area contributed by atoms with Crippen molar-refractivity contribution in [2.24, 2.45) is 0 Å². The number of aromatic nitrogens is 1. The highest BCUT2D eigenvalue weighted by Crippen LogP contribution is 2.34. The van der Waals surface area contributed by atoms with E-state index in [0.717, 1.165) is 27.8 Å². The molecule has 142 valence electrons. The van der Waals surface area contributed by atoms with Crippen molar-refractivity contribution in [2.75, 3.05) is 26.3 Å². The fourth-order valence-electron chi connectivity index (χ4n) is 3.43. The van der Waals surface area contributed by atoms with Gasteiger partial charge in [0.25, 0.3) is 0 Å². The zero-order valence-corrected chi connectivity index (χ0v) is 16.0. The van der Waals surface area contributed by atoms with Gasteiger partial charge in [-0.2, -0.15) is 4.31 Å². The Bertz CT molecular complexity index is 1040. The molecule has 1 N–H and O–H groups in total. The van der Waals surface area contributed by atoms with Crippen LogP contribution in [0.3, 0.4) is 0 Å². The quantitative estimate of drug-likeness (QED) is 0.741. The Hall–Kier alpha value is -2.41. The van der Waals surface area contributed by atoms with Crippen molar-refractivity contribution in [1.29, 1.82) is 0 Å². The molecule has 1 fully saturated rings. The monoisotopic (exact) mass is 384 g/mol. The molecule has 1 aliphatic rings. The molecule has 3 aromatic rings. The van der Waals surface area contributed by atoms with Crippen molar-refractivity contribution in [1.82, 2.24) is 9.29 Å². The molecule has 0 bridgehead atoms. The molecule has 27 heavy (non-hydrogen) atoms. The lowest BCUT2D eigenvalue weighted by Gasteiger charge is -2.27. The second-order valence-corrected chi connectivity index (χ2v) is 8.55. The maximum atomic E-state index is 13.1. The summed E-state index contributed by atoms with van der Waals surface area (Å²) in [5, 5.41) is 0. The van der Waals surface area contributed by atoms with Gasteiger partial charge in [-0.25, -0.2) is 8.42 Å². The second kappa shape index (κ2) is 7.31. The molecule has 5 nitrogen and oxygen atoms in total. The molecule has 4 rings (SSSR count). The number of sulfonamides is 1. The molecule has 0 aliphatic carbocycles. The third-order valence-electron chi connectivity index (χ3n) is 4.92. The number of benzene rings is 2. The Morgan fingerprint density at radius 3 is 2.33 bits per heavy atom. The van der Waals surface area contributed by atoms with Crippen molar-refractivity contribution in [3.8, 4) is 22.3 Å². The van der Waals surface area contributed by atoms with Gasteiger partial charge in [0.2, 0.25) is 10.0 Å². The summed E-state index contributed by atoms with van der Waals surface area (Å²) in [6.45, 7) is 3.51. The molecule has 1 aromatic heterocycles. The first-order chi connectivity index (χ1) is 13.1. The molecule has 0 saturated carbocycles. The minimum atomic E-state index is -3.54. The van der Waals surface area contributed by atoms with Crippen LogP contribution >= 0.6 is 0 Å². The van der Waals surface area contributed by atoms with Gasteiger partial charge in [0, 0.05) is 38.0 Å². The molecule has 1 aliphatic heterocycles. The fourth-order valence-corrected chi connectivity index (χ4v) is 5.09. The van der Waals surface area contributed by atoms with E-state index in [1.807, 2.05) is 61.8 Å². The fraction of sp³-hybridized carbons (Fsp3) is 0.238. The van der Waals surface area contributed by atoms with E-state index < -0.39 is 10.0 Å².